The van der Waals surface area contributed by atoms with E-state index in [9.17, 15) is 0 Å². The van der Waals surface area contributed by atoms with Gasteiger partial charge < -0.3 is 9.73 Å². The predicted octanol–water partition coefficient (Wildman–Crippen LogP) is 4.08. The Balaban J connectivity index is 1.65. The van der Waals surface area contributed by atoms with Gasteiger partial charge in [-0.25, -0.2) is 0 Å². The topological polar surface area (TPSA) is 25.2 Å². The summed E-state index contributed by atoms with van der Waals surface area (Å²) in [5.41, 5.74) is 1.40. The zero-order chi connectivity index (χ0) is 13.1. The minimum absolute atomic E-state index is 0.469. The summed E-state index contributed by atoms with van der Waals surface area (Å²) in [7, 11) is 0. The molecule has 0 amide bonds. The van der Waals surface area contributed by atoms with Crippen molar-refractivity contribution in [1.82, 2.24) is 5.32 Å². The molecule has 1 aromatic carbocycles. The highest BCUT2D eigenvalue weighted by molar-refractivity contribution is 5.21. The van der Waals surface area contributed by atoms with Gasteiger partial charge in [0.05, 0.1) is 6.54 Å². The van der Waals surface area contributed by atoms with Gasteiger partial charge in [0, 0.05) is 12.5 Å². The second kappa shape index (κ2) is 5.62. The van der Waals surface area contributed by atoms with E-state index < -0.39 is 0 Å². The van der Waals surface area contributed by atoms with Crippen LogP contribution in [0, 0.1) is 5.92 Å². The quantitative estimate of drug-likeness (QED) is 0.841. The summed E-state index contributed by atoms with van der Waals surface area (Å²) in [6, 6.07) is 15.4. The van der Waals surface area contributed by atoms with Crippen LogP contribution in [0.3, 0.4) is 0 Å². The molecule has 1 saturated carbocycles. The molecule has 1 aliphatic carbocycles. The van der Waals surface area contributed by atoms with Gasteiger partial charge in [-0.1, -0.05) is 37.3 Å². The van der Waals surface area contributed by atoms with E-state index in [1.807, 2.05) is 0 Å². The molecule has 1 aliphatic rings. The first kappa shape index (κ1) is 12.5. The molecule has 19 heavy (non-hydrogen) atoms. The van der Waals surface area contributed by atoms with E-state index in [0.29, 0.717) is 6.04 Å². The fourth-order valence-electron chi connectivity index (χ4n) is 2.56. The summed E-state index contributed by atoms with van der Waals surface area (Å²) in [5.74, 6) is 2.90. The maximum absolute atomic E-state index is 5.76. The van der Waals surface area contributed by atoms with Crippen LogP contribution in [0.1, 0.15) is 42.9 Å². The van der Waals surface area contributed by atoms with E-state index in [0.717, 1.165) is 30.4 Å². The Bertz CT molecular complexity index is 513. The number of nitrogens with one attached hydrogen (secondary N) is 1. The lowest BCUT2D eigenvalue weighted by Gasteiger charge is -2.18. The first-order valence-corrected chi connectivity index (χ1v) is 7.22. The minimum atomic E-state index is 0.469. The van der Waals surface area contributed by atoms with Crippen molar-refractivity contribution in [3.8, 4) is 0 Å². The molecule has 2 aromatic rings. The predicted molar refractivity (Wildman–Crippen MR) is 76.8 cm³/mol. The van der Waals surface area contributed by atoms with Gasteiger partial charge in [-0.3, -0.25) is 0 Å². The van der Waals surface area contributed by atoms with E-state index in [-0.39, 0.29) is 0 Å². The number of benzene rings is 1. The number of hydrogen-bond donors (Lipinski definition) is 1. The van der Waals surface area contributed by atoms with Crippen molar-refractivity contribution in [1.29, 1.82) is 0 Å². The van der Waals surface area contributed by atoms with Crippen molar-refractivity contribution in [2.75, 3.05) is 0 Å². The molecule has 0 aliphatic heterocycles. The molecular weight excluding hydrogens is 234 g/mol. The fourth-order valence-corrected chi connectivity index (χ4v) is 2.56. The van der Waals surface area contributed by atoms with Gasteiger partial charge in [0.2, 0.25) is 0 Å². The number of hydrogen-bond acceptors (Lipinski definition) is 2. The molecule has 0 radical (unpaired) electrons. The third-order valence-corrected chi connectivity index (χ3v) is 3.81. The third kappa shape index (κ3) is 3.07. The highest BCUT2D eigenvalue weighted by Crippen LogP contribution is 2.41. The Morgan fingerprint density at radius 3 is 2.47 bits per heavy atom. The van der Waals surface area contributed by atoms with Gasteiger partial charge in [0.25, 0.3) is 0 Å². The first-order chi connectivity index (χ1) is 9.36. The van der Waals surface area contributed by atoms with Crippen LogP contribution in [-0.4, -0.2) is 0 Å². The molecule has 0 spiro atoms. The largest absolute Gasteiger partial charge is 0.465 e. The van der Waals surface area contributed by atoms with Crippen LogP contribution in [0.25, 0.3) is 0 Å². The Kier molecular flexibility index (Phi) is 3.69. The van der Waals surface area contributed by atoms with E-state index in [1.54, 1.807) is 0 Å². The number of rotatable bonds is 6. The normalized spacial score (nSPS) is 16.5. The van der Waals surface area contributed by atoms with Crippen LogP contribution in [0.15, 0.2) is 46.9 Å². The molecule has 1 aromatic heterocycles. The molecule has 100 valence electrons. The lowest BCUT2D eigenvalue weighted by atomic mass is 10.0. The van der Waals surface area contributed by atoms with E-state index >= 15 is 0 Å². The van der Waals surface area contributed by atoms with Crippen LogP contribution >= 0.6 is 0 Å². The van der Waals surface area contributed by atoms with Gasteiger partial charge in [0.15, 0.2) is 0 Å². The lowest BCUT2D eigenvalue weighted by molar-refractivity contribution is 0.411. The van der Waals surface area contributed by atoms with E-state index in [1.165, 1.54) is 18.4 Å². The Labute approximate surface area is 114 Å². The summed E-state index contributed by atoms with van der Waals surface area (Å²) in [6.07, 6.45) is 3.64. The highest BCUT2D eigenvalue weighted by Gasteiger charge is 2.31. The Morgan fingerprint density at radius 2 is 1.84 bits per heavy atom. The molecule has 2 nitrogen and oxygen atoms in total. The van der Waals surface area contributed by atoms with Crippen molar-refractivity contribution >= 4 is 0 Å². The van der Waals surface area contributed by atoms with Gasteiger partial charge in [0.1, 0.15) is 11.5 Å². The molecular formula is C17H21NO. The standard InChI is InChI=1S/C17H21NO/c1-2-15-10-11-16(19-15)12-18-17(14-8-9-14)13-6-4-3-5-7-13/h3-7,10-11,14,17-18H,2,8-9,12H2,1H3. The molecule has 0 bridgehead atoms. The smallest absolute Gasteiger partial charge is 0.117 e. The summed E-state index contributed by atoms with van der Waals surface area (Å²) in [4.78, 5) is 0. The summed E-state index contributed by atoms with van der Waals surface area (Å²) < 4.78 is 5.76. The van der Waals surface area contributed by atoms with Crippen LogP contribution in [0.4, 0.5) is 0 Å². The van der Waals surface area contributed by atoms with Crippen molar-refractivity contribution in [2.45, 2.75) is 38.8 Å². The molecule has 0 saturated heterocycles. The monoisotopic (exact) mass is 255 g/mol. The lowest BCUT2D eigenvalue weighted by Crippen LogP contribution is -2.22. The summed E-state index contributed by atoms with van der Waals surface area (Å²) in [5, 5.41) is 3.66. The zero-order valence-electron chi connectivity index (χ0n) is 11.4. The summed E-state index contributed by atoms with van der Waals surface area (Å²) >= 11 is 0. The Hall–Kier alpha value is -1.54. The second-order valence-corrected chi connectivity index (χ2v) is 5.33. The minimum Gasteiger partial charge on any atom is -0.465 e. The van der Waals surface area contributed by atoms with Crippen LogP contribution in [0.5, 0.6) is 0 Å². The van der Waals surface area contributed by atoms with Crippen LogP contribution < -0.4 is 5.32 Å². The molecule has 1 fully saturated rings. The van der Waals surface area contributed by atoms with Gasteiger partial charge in [-0.2, -0.15) is 0 Å². The summed E-state index contributed by atoms with van der Waals surface area (Å²) in [6.45, 7) is 2.93. The zero-order valence-corrected chi connectivity index (χ0v) is 11.4. The Morgan fingerprint density at radius 1 is 1.11 bits per heavy atom. The average molecular weight is 255 g/mol. The molecule has 1 N–H and O–H groups in total. The fraction of sp³-hybridized carbons (Fsp3) is 0.412. The van der Waals surface area contributed by atoms with Crippen molar-refractivity contribution in [3.63, 3.8) is 0 Å². The van der Waals surface area contributed by atoms with Crippen molar-refractivity contribution in [2.24, 2.45) is 5.92 Å². The van der Waals surface area contributed by atoms with Gasteiger partial charge in [-0.05, 0) is 36.5 Å². The van der Waals surface area contributed by atoms with Crippen LogP contribution in [-0.2, 0) is 13.0 Å². The molecule has 3 rings (SSSR count). The average Bonchev–Trinajstić information content (AvgIpc) is 3.18. The molecule has 1 heterocycles. The third-order valence-electron chi connectivity index (χ3n) is 3.81. The van der Waals surface area contributed by atoms with Crippen LogP contribution in [0.2, 0.25) is 0 Å². The SMILES string of the molecule is CCc1ccc(CNC(c2ccccc2)C2CC2)o1. The maximum atomic E-state index is 5.76. The van der Waals surface area contributed by atoms with Gasteiger partial charge >= 0.3 is 0 Å². The van der Waals surface area contributed by atoms with Crippen molar-refractivity contribution in [3.05, 3.63) is 59.5 Å². The number of furan rings is 1. The first-order valence-electron chi connectivity index (χ1n) is 7.22. The van der Waals surface area contributed by atoms with E-state index in [2.05, 4.69) is 54.7 Å². The number of aryl methyl sites for hydroxylation is 1. The maximum Gasteiger partial charge on any atom is 0.117 e. The molecule has 1 atom stereocenters. The molecule has 1 unspecified atom stereocenters. The van der Waals surface area contributed by atoms with Crippen molar-refractivity contribution < 1.29 is 4.42 Å². The second-order valence-electron chi connectivity index (χ2n) is 5.33. The molecule has 2 heteroatoms. The van der Waals surface area contributed by atoms with Gasteiger partial charge in [-0.15, -0.1) is 0 Å². The van der Waals surface area contributed by atoms with E-state index in [4.69, 9.17) is 4.42 Å². The highest BCUT2D eigenvalue weighted by atomic mass is 16.3.